The average Bonchev–Trinajstić information content (AvgIpc) is 2.46. The Hall–Kier alpha value is -1.58. The molecule has 0 spiro atoms. The highest BCUT2D eigenvalue weighted by atomic mass is 16.5. The molecular weight excluding hydrogens is 250 g/mol. The molecule has 0 saturated heterocycles. The molecule has 0 aliphatic carbocycles. The summed E-state index contributed by atoms with van der Waals surface area (Å²) < 4.78 is 10.9. The van der Waals surface area contributed by atoms with Crippen molar-refractivity contribution in [1.29, 1.82) is 0 Å². The monoisotopic (exact) mass is 273 g/mol. The molecule has 20 heavy (non-hydrogen) atoms. The van der Waals surface area contributed by atoms with Gasteiger partial charge < -0.3 is 14.4 Å². The minimum Gasteiger partial charge on any atom is -0.497 e. The normalized spacial score (nSPS) is 11.2. The second-order valence-corrected chi connectivity index (χ2v) is 5.21. The molecule has 0 amide bonds. The van der Waals surface area contributed by atoms with E-state index in [1.165, 1.54) is 16.3 Å². The van der Waals surface area contributed by atoms with Crippen molar-refractivity contribution in [3.8, 4) is 5.75 Å². The third kappa shape index (κ3) is 4.22. The highest BCUT2D eigenvalue weighted by Gasteiger charge is 1.99. The van der Waals surface area contributed by atoms with Crippen molar-refractivity contribution in [2.45, 2.75) is 6.42 Å². The number of methoxy groups -OCH3 is 1. The Morgan fingerprint density at radius 3 is 2.45 bits per heavy atom. The maximum atomic E-state index is 5.64. The smallest absolute Gasteiger partial charge is 0.119 e. The van der Waals surface area contributed by atoms with Crippen LogP contribution in [-0.4, -0.2) is 45.9 Å². The molecule has 0 saturated carbocycles. The van der Waals surface area contributed by atoms with Crippen molar-refractivity contribution in [3.05, 3.63) is 42.0 Å². The Labute approximate surface area is 121 Å². The number of hydrogen-bond acceptors (Lipinski definition) is 3. The number of fused-ring (bicyclic) bond motifs is 1. The van der Waals surface area contributed by atoms with E-state index < -0.39 is 0 Å². The van der Waals surface area contributed by atoms with Gasteiger partial charge in [-0.1, -0.05) is 24.3 Å². The van der Waals surface area contributed by atoms with Gasteiger partial charge in [0.2, 0.25) is 0 Å². The molecule has 0 atom stereocenters. The summed E-state index contributed by atoms with van der Waals surface area (Å²) in [5.41, 5.74) is 1.31. The molecule has 0 aliphatic heterocycles. The molecule has 0 aromatic heterocycles. The predicted molar refractivity (Wildman–Crippen MR) is 83.6 cm³/mol. The summed E-state index contributed by atoms with van der Waals surface area (Å²) in [5, 5.41) is 2.46. The fourth-order valence-corrected chi connectivity index (χ4v) is 2.09. The van der Waals surface area contributed by atoms with Crippen LogP contribution in [-0.2, 0) is 11.2 Å². The Balaban J connectivity index is 1.91. The van der Waals surface area contributed by atoms with Crippen LogP contribution in [0.15, 0.2) is 36.4 Å². The molecule has 0 fully saturated rings. The van der Waals surface area contributed by atoms with E-state index in [0.717, 1.165) is 31.9 Å². The molecule has 0 unspecified atom stereocenters. The van der Waals surface area contributed by atoms with Gasteiger partial charge in [-0.2, -0.15) is 0 Å². The van der Waals surface area contributed by atoms with Crippen molar-refractivity contribution < 1.29 is 9.47 Å². The molecular formula is C17H23NO2. The zero-order valence-corrected chi connectivity index (χ0v) is 12.6. The molecule has 0 bridgehead atoms. The first-order valence-corrected chi connectivity index (χ1v) is 6.98. The zero-order chi connectivity index (χ0) is 14.4. The van der Waals surface area contributed by atoms with E-state index in [0.29, 0.717) is 0 Å². The molecule has 2 aromatic carbocycles. The molecule has 2 aromatic rings. The van der Waals surface area contributed by atoms with Gasteiger partial charge in [-0.25, -0.2) is 0 Å². The van der Waals surface area contributed by atoms with Crippen LogP contribution >= 0.6 is 0 Å². The van der Waals surface area contributed by atoms with Crippen LogP contribution in [0.4, 0.5) is 0 Å². The minimum absolute atomic E-state index is 0.773. The van der Waals surface area contributed by atoms with E-state index in [2.05, 4.69) is 49.3 Å². The number of likely N-dealkylation sites (N-methyl/N-ethyl adjacent to an activating group) is 1. The first-order chi connectivity index (χ1) is 9.69. The lowest BCUT2D eigenvalue weighted by Crippen LogP contribution is -2.18. The summed E-state index contributed by atoms with van der Waals surface area (Å²) in [6, 6.07) is 12.7. The van der Waals surface area contributed by atoms with Crippen LogP contribution in [0.25, 0.3) is 10.8 Å². The summed E-state index contributed by atoms with van der Waals surface area (Å²) >= 11 is 0. The molecule has 3 heteroatoms. The first-order valence-electron chi connectivity index (χ1n) is 6.98. The SMILES string of the molecule is COc1ccc2cc(CCOCCN(C)C)ccc2c1. The van der Waals surface area contributed by atoms with Crippen molar-refractivity contribution in [2.24, 2.45) is 0 Å². The number of ether oxygens (including phenoxy) is 2. The quantitative estimate of drug-likeness (QED) is 0.724. The highest BCUT2D eigenvalue weighted by molar-refractivity contribution is 5.84. The van der Waals surface area contributed by atoms with Crippen molar-refractivity contribution in [2.75, 3.05) is 41.0 Å². The van der Waals surface area contributed by atoms with E-state index in [4.69, 9.17) is 9.47 Å². The van der Waals surface area contributed by atoms with E-state index in [9.17, 15) is 0 Å². The standard InChI is InChI=1S/C17H23NO2/c1-18(2)9-11-20-10-8-14-4-5-16-13-17(19-3)7-6-15(16)12-14/h4-7,12-13H,8-11H2,1-3H3. The van der Waals surface area contributed by atoms with Gasteiger partial charge in [0.1, 0.15) is 5.75 Å². The van der Waals surface area contributed by atoms with Gasteiger partial charge in [-0.3, -0.25) is 0 Å². The van der Waals surface area contributed by atoms with Gasteiger partial charge >= 0.3 is 0 Å². The second-order valence-electron chi connectivity index (χ2n) is 5.21. The third-order valence-corrected chi connectivity index (χ3v) is 3.33. The number of rotatable bonds is 7. The fraction of sp³-hybridized carbons (Fsp3) is 0.412. The van der Waals surface area contributed by atoms with Crippen molar-refractivity contribution in [3.63, 3.8) is 0 Å². The molecule has 0 heterocycles. The Morgan fingerprint density at radius 1 is 0.950 bits per heavy atom. The highest BCUT2D eigenvalue weighted by Crippen LogP contribution is 2.22. The lowest BCUT2D eigenvalue weighted by atomic mass is 10.1. The molecule has 108 valence electrons. The second kappa shape index (κ2) is 7.27. The minimum atomic E-state index is 0.773. The van der Waals surface area contributed by atoms with E-state index >= 15 is 0 Å². The van der Waals surface area contributed by atoms with Gasteiger partial charge in [0.25, 0.3) is 0 Å². The fourth-order valence-electron chi connectivity index (χ4n) is 2.09. The Kier molecular flexibility index (Phi) is 5.39. The van der Waals surface area contributed by atoms with Crippen LogP contribution in [0.3, 0.4) is 0 Å². The molecule has 0 radical (unpaired) electrons. The Bertz CT molecular complexity index is 552. The summed E-state index contributed by atoms with van der Waals surface area (Å²) in [4.78, 5) is 2.13. The third-order valence-electron chi connectivity index (χ3n) is 3.33. The van der Waals surface area contributed by atoms with E-state index in [1.807, 2.05) is 6.07 Å². The van der Waals surface area contributed by atoms with Gasteiger partial charge in [0.15, 0.2) is 0 Å². The molecule has 2 rings (SSSR count). The number of benzene rings is 2. The Morgan fingerprint density at radius 2 is 1.70 bits per heavy atom. The van der Waals surface area contributed by atoms with E-state index in [-0.39, 0.29) is 0 Å². The predicted octanol–water partition coefficient (Wildman–Crippen LogP) is 2.97. The largest absolute Gasteiger partial charge is 0.497 e. The summed E-state index contributed by atoms with van der Waals surface area (Å²) in [6.07, 6.45) is 0.954. The van der Waals surface area contributed by atoms with Crippen LogP contribution < -0.4 is 4.74 Å². The average molecular weight is 273 g/mol. The van der Waals surface area contributed by atoms with Crippen LogP contribution in [0.5, 0.6) is 5.75 Å². The molecule has 3 nitrogen and oxygen atoms in total. The maximum absolute atomic E-state index is 5.64. The summed E-state index contributed by atoms with van der Waals surface area (Å²) in [7, 11) is 5.81. The number of nitrogens with zero attached hydrogens (tertiary/aromatic N) is 1. The molecule has 0 aliphatic rings. The maximum Gasteiger partial charge on any atom is 0.119 e. The lowest BCUT2D eigenvalue weighted by Gasteiger charge is -2.10. The van der Waals surface area contributed by atoms with Gasteiger partial charge in [0, 0.05) is 6.54 Å². The first kappa shape index (κ1) is 14.8. The van der Waals surface area contributed by atoms with Crippen molar-refractivity contribution in [1.82, 2.24) is 4.90 Å². The van der Waals surface area contributed by atoms with Gasteiger partial charge in [-0.15, -0.1) is 0 Å². The number of hydrogen-bond donors (Lipinski definition) is 0. The van der Waals surface area contributed by atoms with Crippen molar-refractivity contribution >= 4 is 10.8 Å². The molecule has 0 N–H and O–H groups in total. The van der Waals surface area contributed by atoms with E-state index in [1.54, 1.807) is 7.11 Å². The van der Waals surface area contributed by atoms with Crippen LogP contribution in [0.2, 0.25) is 0 Å². The van der Waals surface area contributed by atoms with Crippen LogP contribution in [0.1, 0.15) is 5.56 Å². The topological polar surface area (TPSA) is 21.7 Å². The zero-order valence-electron chi connectivity index (χ0n) is 12.6. The van der Waals surface area contributed by atoms with Gasteiger partial charge in [0.05, 0.1) is 20.3 Å². The lowest BCUT2D eigenvalue weighted by molar-refractivity contribution is 0.120. The van der Waals surface area contributed by atoms with Gasteiger partial charge in [-0.05, 0) is 49.0 Å². The van der Waals surface area contributed by atoms with Crippen LogP contribution in [0, 0.1) is 0 Å². The summed E-state index contributed by atoms with van der Waals surface area (Å²) in [6.45, 7) is 2.53. The summed E-state index contributed by atoms with van der Waals surface area (Å²) in [5.74, 6) is 0.900.